The van der Waals surface area contributed by atoms with E-state index in [1.807, 2.05) is 0 Å². The second-order valence-corrected chi connectivity index (χ2v) is 10.3. The molecule has 0 fully saturated rings. The monoisotopic (exact) mass is 352 g/mol. The molecular formula is InO9P3. The molecule has 0 aliphatic rings. The Kier molecular flexibility index (Phi) is 7.07. The van der Waals surface area contributed by atoms with Crippen LogP contribution in [0.3, 0.4) is 0 Å². The number of hydrogen-bond acceptors (Lipinski definition) is 9. The summed E-state index contributed by atoms with van der Waals surface area (Å²) in [6, 6.07) is 0. The van der Waals surface area contributed by atoms with Crippen molar-refractivity contribution >= 4 is 46.5 Å². The summed E-state index contributed by atoms with van der Waals surface area (Å²) in [5.41, 5.74) is 0. The standard InChI is InChI=1S/In.3HO3P/c;3*1-4(2)3/h;3*(H,1,2,3)/q+3;;;/p-3. The summed E-state index contributed by atoms with van der Waals surface area (Å²) >= 11 is -4.40. The van der Waals surface area contributed by atoms with E-state index in [9.17, 15) is 27.4 Å². The molecule has 0 saturated carbocycles. The number of hydrogen-bond donors (Lipinski definition) is 0. The molecule has 72 valence electrons. The second-order valence-electron chi connectivity index (χ2n) is 1.28. The third-order valence-electron chi connectivity index (χ3n) is 0.516. The Morgan fingerprint density at radius 2 is 0.846 bits per heavy atom. The van der Waals surface area contributed by atoms with Crippen LogP contribution in [0.2, 0.25) is 0 Å². The van der Waals surface area contributed by atoms with Gasteiger partial charge < -0.3 is 0 Å². The molecule has 0 saturated heterocycles. The van der Waals surface area contributed by atoms with Crippen molar-refractivity contribution in [3.8, 4) is 0 Å². The van der Waals surface area contributed by atoms with E-state index in [0.29, 0.717) is 0 Å². The zero-order chi connectivity index (χ0) is 10.4. The average molecular weight is 352 g/mol. The molecule has 0 amide bonds. The van der Waals surface area contributed by atoms with E-state index in [-0.39, 0.29) is 0 Å². The molecule has 0 aromatic carbocycles. The van der Waals surface area contributed by atoms with Gasteiger partial charge in [0, 0.05) is 0 Å². The van der Waals surface area contributed by atoms with Crippen LogP contribution in [0.25, 0.3) is 0 Å². The fourth-order valence-electron chi connectivity index (χ4n) is 0.269. The van der Waals surface area contributed by atoms with Gasteiger partial charge in [0.15, 0.2) is 0 Å². The van der Waals surface area contributed by atoms with Gasteiger partial charge in [0.2, 0.25) is 0 Å². The van der Waals surface area contributed by atoms with E-state index < -0.39 is 46.5 Å². The van der Waals surface area contributed by atoms with Crippen molar-refractivity contribution in [2.75, 3.05) is 0 Å². The van der Waals surface area contributed by atoms with Gasteiger partial charge in [0.25, 0.3) is 0 Å². The van der Waals surface area contributed by atoms with E-state index in [0.717, 1.165) is 0 Å². The van der Waals surface area contributed by atoms with Crippen LogP contribution in [-0.2, 0) is 35.3 Å². The van der Waals surface area contributed by atoms with E-state index in [1.54, 1.807) is 0 Å². The Morgan fingerprint density at radius 1 is 0.615 bits per heavy atom. The quantitative estimate of drug-likeness (QED) is 0.649. The Balaban J connectivity index is 4.34. The Labute approximate surface area is 81.8 Å². The van der Waals surface area contributed by atoms with E-state index >= 15 is 0 Å². The molecule has 0 N–H and O–H groups in total. The Morgan fingerprint density at radius 3 is 1.00 bits per heavy atom. The molecule has 0 atom stereocenters. The third kappa shape index (κ3) is 8.77. The molecule has 0 bridgehead atoms. The van der Waals surface area contributed by atoms with Gasteiger partial charge in [-0.05, 0) is 0 Å². The Bertz CT molecular complexity index is 276. The summed E-state index contributed by atoms with van der Waals surface area (Å²) in [6.07, 6.45) is 0. The normalized spacial score (nSPS) is 9.23. The van der Waals surface area contributed by atoms with Crippen molar-refractivity contribution in [1.29, 1.82) is 0 Å². The SMILES string of the molecule is O=P(=O)[O][In]([O]P(=O)=O)[O]P(=O)=O. The molecule has 0 aliphatic carbocycles. The van der Waals surface area contributed by atoms with Crippen molar-refractivity contribution in [2.24, 2.45) is 0 Å². The maximum absolute atomic E-state index is 9.89. The van der Waals surface area contributed by atoms with Gasteiger partial charge in [0.1, 0.15) is 0 Å². The summed E-state index contributed by atoms with van der Waals surface area (Å²) in [6.45, 7) is 0. The third-order valence-corrected chi connectivity index (χ3v) is 10.4. The van der Waals surface area contributed by atoms with Crippen LogP contribution in [0.5, 0.6) is 0 Å². The van der Waals surface area contributed by atoms with Gasteiger partial charge >= 0.3 is 81.8 Å². The van der Waals surface area contributed by atoms with Crippen molar-refractivity contribution in [3.63, 3.8) is 0 Å². The molecule has 0 rings (SSSR count). The topological polar surface area (TPSA) is 130 Å². The summed E-state index contributed by atoms with van der Waals surface area (Å²) < 4.78 is 70.8. The van der Waals surface area contributed by atoms with E-state index in [4.69, 9.17) is 0 Å². The predicted octanol–water partition coefficient (Wildman–Crippen LogP) is 1.28. The van der Waals surface area contributed by atoms with Crippen molar-refractivity contribution in [3.05, 3.63) is 0 Å². The van der Waals surface area contributed by atoms with Gasteiger partial charge in [-0.3, -0.25) is 0 Å². The molecule has 0 radical (unpaired) electrons. The predicted molar refractivity (Wildman–Crippen MR) is 33.9 cm³/mol. The van der Waals surface area contributed by atoms with Gasteiger partial charge in [-0.15, -0.1) is 0 Å². The van der Waals surface area contributed by atoms with Crippen LogP contribution >= 0.6 is 23.7 Å². The molecule has 0 unspecified atom stereocenters. The van der Waals surface area contributed by atoms with Crippen LogP contribution in [0.4, 0.5) is 0 Å². The zero-order valence-electron chi connectivity index (χ0n) is 5.59. The first-order valence-electron chi connectivity index (χ1n) is 2.35. The van der Waals surface area contributed by atoms with Gasteiger partial charge in [0.05, 0.1) is 0 Å². The fraction of sp³-hybridized carbons (Fsp3) is 0. The first-order valence-corrected chi connectivity index (χ1v) is 9.67. The first-order chi connectivity index (χ1) is 5.91. The molecular weight excluding hydrogens is 352 g/mol. The van der Waals surface area contributed by atoms with Crippen molar-refractivity contribution < 1.29 is 35.3 Å². The zero-order valence-corrected chi connectivity index (χ0v) is 11.6. The molecule has 0 aromatic heterocycles. The van der Waals surface area contributed by atoms with E-state index in [1.165, 1.54) is 0 Å². The van der Waals surface area contributed by atoms with Gasteiger partial charge in [-0.25, -0.2) is 0 Å². The second kappa shape index (κ2) is 6.84. The fourth-order valence-corrected chi connectivity index (χ4v) is 7.73. The van der Waals surface area contributed by atoms with Crippen LogP contribution in [-0.4, -0.2) is 22.7 Å². The van der Waals surface area contributed by atoms with Crippen LogP contribution in [0.15, 0.2) is 0 Å². The first kappa shape index (κ1) is 13.5. The van der Waals surface area contributed by atoms with Crippen LogP contribution in [0, 0.1) is 0 Å². The molecule has 0 aliphatic heterocycles. The van der Waals surface area contributed by atoms with Crippen LogP contribution < -0.4 is 0 Å². The molecule has 13 heavy (non-hydrogen) atoms. The minimum absolute atomic E-state index is 3.39. The van der Waals surface area contributed by atoms with Gasteiger partial charge in [-0.1, -0.05) is 0 Å². The molecule has 0 spiro atoms. The molecule has 9 nitrogen and oxygen atoms in total. The van der Waals surface area contributed by atoms with Crippen molar-refractivity contribution in [1.82, 2.24) is 0 Å². The molecule has 13 heteroatoms. The van der Waals surface area contributed by atoms with Crippen LogP contribution in [0.1, 0.15) is 0 Å². The maximum atomic E-state index is 9.89. The summed E-state index contributed by atoms with van der Waals surface area (Å²) in [5, 5.41) is 0. The van der Waals surface area contributed by atoms with Crippen molar-refractivity contribution in [2.45, 2.75) is 0 Å². The Hall–Kier alpha value is 0.450. The summed E-state index contributed by atoms with van der Waals surface area (Å²) in [4.78, 5) is 0. The van der Waals surface area contributed by atoms with E-state index in [2.05, 4.69) is 7.92 Å². The number of rotatable bonds is 6. The summed E-state index contributed by atoms with van der Waals surface area (Å²) in [7, 11) is -10.2. The average Bonchev–Trinajstić information content (AvgIpc) is 1.80. The van der Waals surface area contributed by atoms with Gasteiger partial charge in [-0.2, -0.15) is 0 Å². The minimum atomic E-state index is -4.40. The molecule has 0 heterocycles. The molecule has 0 aromatic rings. The summed E-state index contributed by atoms with van der Waals surface area (Å²) in [5.74, 6) is 0.